The van der Waals surface area contributed by atoms with Crippen LogP contribution in [0, 0.1) is 6.92 Å². The molecule has 2 N–H and O–H groups in total. The molecule has 0 atom stereocenters. The summed E-state index contributed by atoms with van der Waals surface area (Å²) in [6.45, 7) is 1.80. The lowest BCUT2D eigenvalue weighted by molar-refractivity contribution is -0.111. The van der Waals surface area contributed by atoms with Crippen molar-refractivity contribution in [2.75, 3.05) is 5.32 Å². The molecule has 21 heavy (non-hydrogen) atoms. The van der Waals surface area contributed by atoms with Gasteiger partial charge >= 0.3 is 5.97 Å². The second-order valence-corrected chi connectivity index (χ2v) is 5.18. The van der Waals surface area contributed by atoms with Gasteiger partial charge in [0.25, 0.3) is 0 Å². The summed E-state index contributed by atoms with van der Waals surface area (Å²) in [5, 5.41) is 11.6. The maximum Gasteiger partial charge on any atom is 0.337 e. The minimum Gasteiger partial charge on any atom is -0.478 e. The molecule has 2 rings (SSSR count). The number of hydrogen-bond acceptors (Lipinski definition) is 3. The molecule has 0 saturated carbocycles. The highest BCUT2D eigenvalue weighted by Gasteiger charge is 2.11. The first-order valence-corrected chi connectivity index (χ1v) is 6.83. The van der Waals surface area contributed by atoms with Crippen LogP contribution in [0.1, 0.15) is 21.9 Å². The number of carboxylic acid groups (broad SMARTS) is 1. The van der Waals surface area contributed by atoms with Crippen molar-refractivity contribution in [3.63, 3.8) is 0 Å². The van der Waals surface area contributed by atoms with Crippen molar-refractivity contribution < 1.29 is 19.1 Å². The Morgan fingerprint density at radius 1 is 1.29 bits per heavy atom. The van der Waals surface area contributed by atoms with Crippen molar-refractivity contribution in [2.24, 2.45) is 0 Å². The number of rotatable bonds is 4. The molecule has 0 fully saturated rings. The van der Waals surface area contributed by atoms with Crippen LogP contribution in [0.25, 0.3) is 6.08 Å². The third-order valence-corrected chi connectivity index (χ3v) is 3.12. The SMILES string of the molecule is Cc1ccc(/C=C/C(=O)Nc2cc(Br)ccc2C(=O)O)o1. The van der Waals surface area contributed by atoms with Crippen molar-refractivity contribution in [1.29, 1.82) is 0 Å². The molecule has 0 spiro atoms. The number of hydrogen-bond donors (Lipinski definition) is 2. The van der Waals surface area contributed by atoms with Crippen molar-refractivity contribution in [3.05, 3.63) is 58.0 Å². The van der Waals surface area contributed by atoms with Gasteiger partial charge in [0, 0.05) is 10.5 Å². The Kier molecular flexibility index (Phi) is 4.59. The van der Waals surface area contributed by atoms with Crippen LogP contribution in [0.5, 0.6) is 0 Å². The Hall–Kier alpha value is -2.34. The molecule has 1 aromatic heterocycles. The largest absolute Gasteiger partial charge is 0.478 e. The van der Waals surface area contributed by atoms with Gasteiger partial charge in [-0.25, -0.2) is 4.79 Å². The van der Waals surface area contributed by atoms with Gasteiger partial charge in [-0.2, -0.15) is 0 Å². The van der Waals surface area contributed by atoms with Crippen molar-refractivity contribution in [2.45, 2.75) is 6.92 Å². The lowest BCUT2D eigenvalue weighted by Gasteiger charge is -2.07. The summed E-state index contributed by atoms with van der Waals surface area (Å²) in [5.74, 6) is -0.251. The van der Waals surface area contributed by atoms with Crippen molar-refractivity contribution in [3.8, 4) is 0 Å². The molecule has 0 bridgehead atoms. The minimum absolute atomic E-state index is 0.0220. The van der Waals surface area contributed by atoms with Crippen LogP contribution in [-0.4, -0.2) is 17.0 Å². The van der Waals surface area contributed by atoms with Crippen LogP contribution >= 0.6 is 15.9 Å². The fraction of sp³-hybridized carbons (Fsp3) is 0.0667. The summed E-state index contributed by atoms with van der Waals surface area (Å²) in [6, 6.07) is 8.07. The van der Waals surface area contributed by atoms with Crippen LogP contribution in [0.15, 0.2) is 45.3 Å². The van der Waals surface area contributed by atoms with Gasteiger partial charge in [0.2, 0.25) is 5.91 Å². The zero-order valence-electron chi connectivity index (χ0n) is 11.1. The molecule has 5 nitrogen and oxygen atoms in total. The fourth-order valence-electron chi connectivity index (χ4n) is 1.68. The standard InChI is InChI=1S/C15H12BrNO4/c1-9-2-4-11(21-9)5-7-14(18)17-13-8-10(16)3-6-12(13)15(19)20/h2-8H,1H3,(H,17,18)(H,19,20)/b7-5+. The van der Waals surface area contributed by atoms with E-state index in [1.807, 2.05) is 0 Å². The number of carboxylic acids is 1. The van der Waals surface area contributed by atoms with Gasteiger partial charge < -0.3 is 14.8 Å². The summed E-state index contributed by atoms with van der Waals surface area (Å²) in [5.41, 5.74) is 0.246. The van der Waals surface area contributed by atoms with E-state index in [0.717, 1.165) is 5.76 Å². The molecule has 0 aliphatic heterocycles. The summed E-state index contributed by atoms with van der Waals surface area (Å²) >= 11 is 3.24. The zero-order chi connectivity index (χ0) is 15.4. The highest BCUT2D eigenvalue weighted by Crippen LogP contribution is 2.21. The van der Waals surface area contributed by atoms with E-state index in [-0.39, 0.29) is 11.3 Å². The van der Waals surface area contributed by atoms with Crippen LogP contribution in [-0.2, 0) is 4.79 Å². The molecule has 6 heteroatoms. The number of anilines is 1. The van der Waals surface area contributed by atoms with E-state index in [1.54, 1.807) is 25.1 Å². The average Bonchev–Trinajstić information content (AvgIpc) is 2.82. The number of benzene rings is 1. The summed E-state index contributed by atoms with van der Waals surface area (Å²) < 4.78 is 5.97. The third kappa shape index (κ3) is 4.06. The molecule has 0 radical (unpaired) electrons. The third-order valence-electron chi connectivity index (χ3n) is 2.63. The summed E-state index contributed by atoms with van der Waals surface area (Å²) in [4.78, 5) is 22.9. The highest BCUT2D eigenvalue weighted by atomic mass is 79.9. The Labute approximate surface area is 129 Å². The summed E-state index contributed by atoms with van der Waals surface area (Å²) in [7, 11) is 0. The number of carbonyl (C=O) groups excluding carboxylic acids is 1. The molecule has 108 valence electrons. The molecule has 1 amide bonds. The molecule has 0 aliphatic carbocycles. The van der Waals surface area contributed by atoms with Gasteiger partial charge in [0.05, 0.1) is 11.3 Å². The molecule has 1 heterocycles. The van der Waals surface area contributed by atoms with Crippen molar-refractivity contribution >= 4 is 39.6 Å². The van der Waals surface area contributed by atoms with Gasteiger partial charge in [-0.1, -0.05) is 15.9 Å². The smallest absolute Gasteiger partial charge is 0.337 e. The molecule has 0 saturated heterocycles. The lowest BCUT2D eigenvalue weighted by Crippen LogP contribution is -2.12. The average molecular weight is 350 g/mol. The quantitative estimate of drug-likeness (QED) is 0.824. The van der Waals surface area contributed by atoms with Crippen LogP contribution in [0.4, 0.5) is 5.69 Å². The van der Waals surface area contributed by atoms with Gasteiger partial charge in [0.15, 0.2) is 0 Å². The van der Waals surface area contributed by atoms with Crippen LogP contribution < -0.4 is 5.32 Å². The first-order chi connectivity index (χ1) is 9.95. The number of furan rings is 1. The Balaban J connectivity index is 2.14. The second kappa shape index (κ2) is 6.41. The van der Waals surface area contributed by atoms with Crippen molar-refractivity contribution in [1.82, 2.24) is 0 Å². The van der Waals surface area contributed by atoms with Gasteiger partial charge in [-0.15, -0.1) is 0 Å². The number of aromatic carboxylic acids is 1. The number of nitrogens with one attached hydrogen (secondary N) is 1. The van der Waals surface area contributed by atoms with E-state index in [0.29, 0.717) is 10.2 Å². The number of carbonyl (C=O) groups is 2. The number of amides is 1. The van der Waals surface area contributed by atoms with Gasteiger partial charge in [-0.3, -0.25) is 4.79 Å². The van der Waals surface area contributed by atoms with Gasteiger partial charge in [-0.05, 0) is 43.3 Å². The number of aryl methyl sites for hydroxylation is 1. The Morgan fingerprint density at radius 3 is 2.67 bits per heavy atom. The normalized spacial score (nSPS) is 10.8. The van der Waals surface area contributed by atoms with E-state index in [9.17, 15) is 9.59 Å². The lowest BCUT2D eigenvalue weighted by atomic mass is 10.2. The Morgan fingerprint density at radius 2 is 2.05 bits per heavy atom. The Bertz CT molecular complexity index is 718. The van der Waals surface area contributed by atoms with E-state index >= 15 is 0 Å². The molecule has 2 aromatic rings. The zero-order valence-corrected chi connectivity index (χ0v) is 12.7. The maximum atomic E-state index is 11.8. The first kappa shape index (κ1) is 15.1. The first-order valence-electron chi connectivity index (χ1n) is 6.04. The monoisotopic (exact) mass is 349 g/mol. The summed E-state index contributed by atoms with van der Waals surface area (Å²) in [6.07, 6.45) is 2.80. The molecule has 0 unspecified atom stereocenters. The predicted molar refractivity (Wildman–Crippen MR) is 82.2 cm³/mol. The highest BCUT2D eigenvalue weighted by molar-refractivity contribution is 9.10. The molecule has 1 aromatic carbocycles. The fourth-order valence-corrected chi connectivity index (χ4v) is 2.04. The van der Waals surface area contributed by atoms with E-state index in [4.69, 9.17) is 9.52 Å². The predicted octanol–water partition coefficient (Wildman–Crippen LogP) is 3.70. The molecular weight excluding hydrogens is 338 g/mol. The topological polar surface area (TPSA) is 79.5 Å². The maximum absolute atomic E-state index is 11.8. The van der Waals surface area contributed by atoms with E-state index in [1.165, 1.54) is 24.3 Å². The van der Waals surface area contributed by atoms with E-state index < -0.39 is 11.9 Å². The molecular formula is C15H12BrNO4. The van der Waals surface area contributed by atoms with Crippen LogP contribution in [0.3, 0.4) is 0 Å². The minimum atomic E-state index is -1.11. The van der Waals surface area contributed by atoms with Crippen LogP contribution in [0.2, 0.25) is 0 Å². The van der Waals surface area contributed by atoms with Gasteiger partial charge in [0.1, 0.15) is 11.5 Å². The number of halogens is 1. The van der Waals surface area contributed by atoms with E-state index in [2.05, 4.69) is 21.2 Å². The molecule has 0 aliphatic rings. The second-order valence-electron chi connectivity index (χ2n) is 4.27.